The van der Waals surface area contributed by atoms with Crippen LogP contribution in [-0.2, 0) is 0 Å². The molecular formula is C18H16F2N4O2. The van der Waals surface area contributed by atoms with Gasteiger partial charge in [-0.3, -0.25) is 14.0 Å². The number of rotatable bonds is 4. The number of amides is 2. The van der Waals surface area contributed by atoms with E-state index in [0.29, 0.717) is 11.6 Å². The minimum atomic E-state index is -0.906. The molecule has 0 saturated heterocycles. The molecule has 3 rings (SSSR count). The number of fused-ring (bicyclic) bond motifs is 1. The molecule has 0 bridgehead atoms. The molecule has 1 aromatic carbocycles. The predicted octanol–water partition coefficient (Wildman–Crippen LogP) is 3.00. The summed E-state index contributed by atoms with van der Waals surface area (Å²) in [5, 5.41) is 5.06. The van der Waals surface area contributed by atoms with Gasteiger partial charge < -0.3 is 10.6 Å². The van der Waals surface area contributed by atoms with Gasteiger partial charge in [-0.1, -0.05) is 6.07 Å². The summed E-state index contributed by atoms with van der Waals surface area (Å²) in [5.74, 6) is -2.88. The van der Waals surface area contributed by atoms with E-state index in [-0.39, 0.29) is 23.2 Å². The van der Waals surface area contributed by atoms with Gasteiger partial charge in [0.15, 0.2) is 5.69 Å². The number of anilines is 1. The zero-order chi connectivity index (χ0) is 18.8. The Morgan fingerprint density at radius 2 is 1.88 bits per heavy atom. The van der Waals surface area contributed by atoms with E-state index in [9.17, 15) is 18.4 Å². The van der Waals surface area contributed by atoms with Gasteiger partial charge in [-0.15, -0.1) is 0 Å². The highest BCUT2D eigenvalue weighted by molar-refractivity contribution is 6.06. The van der Waals surface area contributed by atoms with Crippen LogP contribution in [0.3, 0.4) is 0 Å². The fraction of sp³-hybridized carbons (Fsp3) is 0.167. The number of benzene rings is 1. The van der Waals surface area contributed by atoms with Gasteiger partial charge in [0.05, 0.1) is 11.2 Å². The number of carbonyl (C=O) groups excluding carboxylic acids is 2. The van der Waals surface area contributed by atoms with E-state index >= 15 is 0 Å². The second-order valence-electron chi connectivity index (χ2n) is 5.95. The Morgan fingerprint density at radius 1 is 1.12 bits per heavy atom. The molecule has 0 aliphatic rings. The Bertz CT molecular complexity index is 998. The van der Waals surface area contributed by atoms with Crippen molar-refractivity contribution in [1.29, 1.82) is 0 Å². The minimum absolute atomic E-state index is 0.0850. The number of carbonyl (C=O) groups is 2. The van der Waals surface area contributed by atoms with Gasteiger partial charge in [0.2, 0.25) is 5.82 Å². The van der Waals surface area contributed by atoms with Gasteiger partial charge in [0, 0.05) is 18.3 Å². The minimum Gasteiger partial charge on any atom is -0.348 e. The van der Waals surface area contributed by atoms with Crippen molar-refractivity contribution >= 4 is 23.0 Å². The maximum absolute atomic E-state index is 13.8. The molecule has 0 spiro atoms. The van der Waals surface area contributed by atoms with Crippen LogP contribution in [-0.4, -0.2) is 27.2 Å². The van der Waals surface area contributed by atoms with Gasteiger partial charge in [0.1, 0.15) is 11.6 Å². The summed E-state index contributed by atoms with van der Waals surface area (Å²) < 4.78 is 28.2. The first kappa shape index (κ1) is 17.5. The van der Waals surface area contributed by atoms with Gasteiger partial charge in [-0.25, -0.2) is 13.8 Å². The van der Waals surface area contributed by atoms with E-state index in [4.69, 9.17) is 0 Å². The summed E-state index contributed by atoms with van der Waals surface area (Å²) in [5.41, 5.74) is 0.344. The van der Waals surface area contributed by atoms with Gasteiger partial charge >= 0.3 is 0 Å². The molecule has 2 heterocycles. The molecule has 26 heavy (non-hydrogen) atoms. The van der Waals surface area contributed by atoms with Crippen LogP contribution in [0.5, 0.6) is 0 Å². The van der Waals surface area contributed by atoms with Crippen LogP contribution in [0.15, 0.2) is 42.6 Å². The van der Waals surface area contributed by atoms with Crippen molar-refractivity contribution in [2.75, 3.05) is 5.32 Å². The van der Waals surface area contributed by atoms with Crippen LogP contribution in [0.1, 0.15) is 35.0 Å². The molecule has 6 nitrogen and oxygen atoms in total. The summed E-state index contributed by atoms with van der Waals surface area (Å²) in [6.07, 6.45) is 1.57. The Morgan fingerprint density at radius 3 is 2.58 bits per heavy atom. The molecule has 0 aliphatic heterocycles. The molecule has 2 amide bonds. The van der Waals surface area contributed by atoms with Gasteiger partial charge in [0.25, 0.3) is 11.8 Å². The van der Waals surface area contributed by atoms with Crippen LogP contribution in [0.25, 0.3) is 5.52 Å². The highest BCUT2D eigenvalue weighted by atomic mass is 19.1. The summed E-state index contributed by atoms with van der Waals surface area (Å²) >= 11 is 0. The molecule has 3 aromatic rings. The lowest BCUT2D eigenvalue weighted by atomic mass is 10.3. The first-order valence-electron chi connectivity index (χ1n) is 7.91. The third-order valence-corrected chi connectivity index (χ3v) is 3.57. The molecule has 0 fully saturated rings. The molecule has 134 valence electrons. The van der Waals surface area contributed by atoms with Crippen molar-refractivity contribution in [3.63, 3.8) is 0 Å². The van der Waals surface area contributed by atoms with E-state index < -0.39 is 23.4 Å². The third-order valence-electron chi connectivity index (χ3n) is 3.57. The molecule has 2 N–H and O–H groups in total. The molecule has 0 saturated carbocycles. The van der Waals surface area contributed by atoms with Gasteiger partial charge in [-0.2, -0.15) is 0 Å². The van der Waals surface area contributed by atoms with Gasteiger partial charge in [-0.05, 0) is 38.1 Å². The number of hydrogen-bond donors (Lipinski definition) is 2. The molecule has 0 radical (unpaired) electrons. The fourth-order valence-electron chi connectivity index (χ4n) is 2.46. The van der Waals surface area contributed by atoms with E-state index in [2.05, 4.69) is 15.6 Å². The SMILES string of the molecule is CC(C)NC(=O)c1nc(C(=O)Nc2ccc(F)cc2F)n2ccccc12. The average Bonchev–Trinajstić information content (AvgIpc) is 2.96. The van der Waals surface area contributed by atoms with Crippen molar-refractivity contribution < 1.29 is 18.4 Å². The number of nitrogens with one attached hydrogen (secondary N) is 2. The second kappa shape index (κ2) is 6.91. The predicted molar refractivity (Wildman–Crippen MR) is 92.1 cm³/mol. The second-order valence-corrected chi connectivity index (χ2v) is 5.95. The third kappa shape index (κ3) is 3.39. The van der Waals surface area contributed by atoms with E-state index in [1.165, 1.54) is 4.40 Å². The number of hydrogen-bond acceptors (Lipinski definition) is 3. The highest BCUT2D eigenvalue weighted by Crippen LogP contribution is 2.18. The number of imidazole rings is 1. The van der Waals surface area contributed by atoms with Crippen molar-refractivity contribution in [1.82, 2.24) is 14.7 Å². The smallest absolute Gasteiger partial charge is 0.292 e. The van der Waals surface area contributed by atoms with E-state index in [1.54, 1.807) is 38.2 Å². The maximum atomic E-state index is 13.8. The Balaban J connectivity index is 1.99. The first-order chi connectivity index (χ1) is 12.4. The normalized spacial score (nSPS) is 11.0. The molecule has 0 atom stereocenters. The fourth-order valence-corrected chi connectivity index (χ4v) is 2.46. The average molecular weight is 358 g/mol. The van der Waals surface area contributed by atoms with E-state index in [1.807, 2.05) is 0 Å². The Kier molecular flexibility index (Phi) is 4.66. The topological polar surface area (TPSA) is 75.5 Å². The zero-order valence-electron chi connectivity index (χ0n) is 14.1. The zero-order valence-corrected chi connectivity index (χ0v) is 14.1. The summed E-state index contributed by atoms with van der Waals surface area (Å²) in [6.45, 7) is 3.61. The quantitative estimate of drug-likeness (QED) is 0.753. The lowest BCUT2D eigenvalue weighted by Crippen LogP contribution is -2.30. The number of aromatic nitrogens is 2. The summed E-state index contributed by atoms with van der Waals surface area (Å²) in [7, 11) is 0. The number of nitrogens with zero attached hydrogens (tertiary/aromatic N) is 2. The largest absolute Gasteiger partial charge is 0.348 e. The molecule has 0 aliphatic carbocycles. The highest BCUT2D eigenvalue weighted by Gasteiger charge is 2.22. The summed E-state index contributed by atoms with van der Waals surface area (Å²) in [4.78, 5) is 29.0. The van der Waals surface area contributed by atoms with Crippen LogP contribution < -0.4 is 10.6 Å². The van der Waals surface area contributed by atoms with Crippen molar-refractivity contribution in [3.8, 4) is 0 Å². The van der Waals surface area contributed by atoms with Crippen molar-refractivity contribution in [2.24, 2.45) is 0 Å². The molecule has 0 unspecified atom stereocenters. The standard InChI is InChI=1S/C18H16F2N4O2/c1-10(2)21-17(25)15-14-5-3-4-8-24(14)16(23-15)18(26)22-13-7-6-11(19)9-12(13)20/h3-10H,1-2H3,(H,21,25)(H,22,26). The van der Waals surface area contributed by atoms with Crippen LogP contribution >= 0.6 is 0 Å². The molecular weight excluding hydrogens is 342 g/mol. The monoisotopic (exact) mass is 358 g/mol. The van der Waals surface area contributed by atoms with Crippen LogP contribution in [0.2, 0.25) is 0 Å². The first-order valence-corrected chi connectivity index (χ1v) is 7.91. The molecule has 8 heteroatoms. The maximum Gasteiger partial charge on any atom is 0.292 e. The number of halogens is 2. The Labute approximate surface area is 147 Å². The van der Waals surface area contributed by atoms with E-state index in [0.717, 1.165) is 12.1 Å². The lowest BCUT2D eigenvalue weighted by Gasteiger charge is -2.06. The summed E-state index contributed by atoms with van der Waals surface area (Å²) in [6, 6.07) is 7.75. The number of pyridine rings is 1. The Hall–Kier alpha value is -3.29. The van der Waals surface area contributed by atoms with Crippen LogP contribution in [0.4, 0.5) is 14.5 Å². The van der Waals surface area contributed by atoms with Crippen molar-refractivity contribution in [2.45, 2.75) is 19.9 Å². The lowest BCUT2D eigenvalue weighted by molar-refractivity contribution is 0.0940. The molecule has 2 aromatic heterocycles. The van der Waals surface area contributed by atoms with Crippen LogP contribution in [0, 0.1) is 11.6 Å². The van der Waals surface area contributed by atoms with Crippen molar-refractivity contribution in [3.05, 3.63) is 65.7 Å².